The third-order valence-electron chi connectivity index (χ3n) is 3.27. The molecular formula is C15H19N5O2S. The summed E-state index contributed by atoms with van der Waals surface area (Å²) in [6, 6.07) is 6.59. The van der Waals surface area contributed by atoms with E-state index in [9.17, 15) is 10.1 Å². The van der Waals surface area contributed by atoms with Crippen LogP contribution in [-0.2, 0) is 6.54 Å². The predicted octanol–water partition coefficient (Wildman–Crippen LogP) is 3.38. The Labute approximate surface area is 138 Å². The highest BCUT2D eigenvalue weighted by atomic mass is 32.2. The quantitative estimate of drug-likeness (QED) is 0.378. The smallest absolute Gasteiger partial charge is 0.270 e. The Balaban J connectivity index is 2.49. The molecule has 0 fully saturated rings. The Bertz CT molecular complexity index is 739. The van der Waals surface area contributed by atoms with E-state index in [0.29, 0.717) is 12.4 Å². The predicted molar refractivity (Wildman–Crippen MR) is 91.0 cm³/mol. The lowest BCUT2D eigenvalue weighted by atomic mass is 10.1. The summed E-state index contributed by atoms with van der Waals surface area (Å²) in [6.07, 6.45) is 1.52. The highest BCUT2D eigenvalue weighted by Gasteiger charge is 2.19. The number of non-ortho nitro benzene ring substituents is 1. The zero-order valence-corrected chi connectivity index (χ0v) is 14.1. The van der Waals surface area contributed by atoms with Gasteiger partial charge in [0.1, 0.15) is 5.03 Å². The molecule has 1 aromatic heterocycles. The van der Waals surface area contributed by atoms with Crippen LogP contribution in [-0.4, -0.2) is 20.7 Å². The fraction of sp³-hybridized carbons (Fsp3) is 0.333. The molecule has 0 spiro atoms. The SMILES string of the molecule is CCn1c(C=NN)nc(C(C)C)c1Sc1cccc([N+](=O)[O-])c1. The summed E-state index contributed by atoms with van der Waals surface area (Å²) in [4.78, 5) is 15.9. The lowest BCUT2D eigenvalue weighted by Gasteiger charge is -2.10. The summed E-state index contributed by atoms with van der Waals surface area (Å²) in [6.45, 7) is 6.84. The van der Waals surface area contributed by atoms with Crippen LogP contribution < -0.4 is 5.84 Å². The summed E-state index contributed by atoms with van der Waals surface area (Å²) in [5, 5.41) is 15.5. The number of benzene rings is 1. The summed E-state index contributed by atoms with van der Waals surface area (Å²) in [5.74, 6) is 6.16. The van der Waals surface area contributed by atoms with Crippen LogP contribution in [0.2, 0.25) is 0 Å². The molecule has 0 saturated carbocycles. The van der Waals surface area contributed by atoms with Gasteiger partial charge in [0, 0.05) is 23.6 Å². The van der Waals surface area contributed by atoms with E-state index >= 15 is 0 Å². The van der Waals surface area contributed by atoms with Gasteiger partial charge in [-0.2, -0.15) is 5.10 Å². The second-order valence-electron chi connectivity index (χ2n) is 5.19. The highest BCUT2D eigenvalue weighted by molar-refractivity contribution is 7.99. The molecule has 0 unspecified atom stereocenters. The van der Waals surface area contributed by atoms with Gasteiger partial charge >= 0.3 is 0 Å². The van der Waals surface area contributed by atoms with Crippen LogP contribution in [0.25, 0.3) is 0 Å². The van der Waals surface area contributed by atoms with Gasteiger partial charge < -0.3 is 10.4 Å². The number of imidazole rings is 1. The summed E-state index contributed by atoms with van der Waals surface area (Å²) >= 11 is 1.47. The van der Waals surface area contributed by atoms with Crippen molar-refractivity contribution in [3.05, 3.63) is 45.9 Å². The van der Waals surface area contributed by atoms with Crippen molar-refractivity contribution in [2.75, 3.05) is 0 Å². The zero-order chi connectivity index (χ0) is 17.0. The molecule has 0 bridgehead atoms. The van der Waals surface area contributed by atoms with Crippen molar-refractivity contribution in [3.8, 4) is 0 Å². The van der Waals surface area contributed by atoms with Crippen LogP contribution in [0.3, 0.4) is 0 Å². The average molecular weight is 333 g/mol. The largest absolute Gasteiger partial charge is 0.323 e. The highest BCUT2D eigenvalue weighted by Crippen LogP contribution is 2.35. The zero-order valence-electron chi connectivity index (χ0n) is 13.3. The van der Waals surface area contributed by atoms with E-state index in [1.165, 1.54) is 24.0 Å². The standard InChI is InChI=1S/C15H19N5O2S/c1-4-19-13(9-17-16)18-14(10(2)3)15(19)23-12-7-5-6-11(8-12)20(21)22/h5-10H,4,16H2,1-3H3. The van der Waals surface area contributed by atoms with Gasteiger partial charge in [0.25, 0.3) is 5.69 Å². The molecule has 2 aromatic rings. The number of hydrazone groups is 1. The lowest BCUT2D eigenvalue weighted by Crippen LogP contribution is -2.03. The molecule has 0 aliphatic rings. The van der Waals surface area contributed by atoms with E-state index in [2.05, 4.69) is 23.9 Å². The van der Waals surface area contributed by atoms with Gasteiger partial charge in [-0.15, -0.1) is 0 Å². The number of nitrogens with zero attached hydrogens (tertiary/aromatic N) is 4. The summed E-state index contributed by atoms with van der Waals surface area (Å²) in [5.41, 5.74) is 1.01. The minimum Gasteiger partial charge on any atom is -0.323 e. The molecule has 0 amide bonds. The molecule has 8 heteroatoms. The van der Waals surface area contributed by atoms with Gasteiger partial charge in [0.15, 0.2) is 5.82 Å². The molecule has 1 heterocycles. The van der Waals surface area contributed by atoms with Gasteiger partial charge in [-0.1, -0.05) is 31.7 Å². The van der Waals surface area contributed by atoms with Crippen LogP contribution in [0.5, 0.6) is 0 Å². The first-order chi connectivity index (χ1) is 11.0. The van der Waals surface area contributed by atoms with Crippen LogP contribution >= 0.6 is 11.8 Å². The summed E-state index contributed by atoms with van der Waals surface area (Å²) < 4.78 is 2.01. The monoisotopic (exact) mass is 333 g/mol. The lowest BCUT2D eigenvalue weighted by molar-refractivity contribution is -0.385. The third-order valence-corrected chi connectivity index (χ3v) is 4.38. The molecule has 1 aromatic carbocycles. The van der Waals surface area contributed by atoms with E-state index in [0.717, 1.165) is 15.6 Å². The molecule has 0 radical (unpaired) electrons. The average Bonchev–Trinajstić information content (AvgIpc) is 2.85. The fourth-order valence-electron chi connectivity index (χ4n) is 2.20. The van der Waals surface area contributed by atoms with Crippen LogP contribution in [0, 0.1) is 10.1 Å². The third kappa shape index (κ3) is 3.70. The Hall–Kier alpha value is -2.35. The van der Waals surface area contributed by atoms with Gasteiger partial charge in [-0.25, -0.2) is 4.98 Å². The minimum atomic E-state index is -0.392. The number of nitro groups is 1. The fourth-order valence-corrected chi connectivity index (χ4v) is 3.47. The number of rotatable bonds is 6. The van der Waals surface area contributed by atoms with Gasteiger partial charge in [-0.05, 0) is 18.9 Å². The first kappa shape index (κ1) is 17.0. The van der Waals surface area contributed by atoms with Crippen LogP contribution in [0.1, 0.15) is 38.2 Å². The number of nitro benzene ring substituents is 1. The van der Waals surface area contributed by atoms with E-state index in [1.807, 2.05) is 17.6 Å². The molecule has 0 atom stereocenters. The minimum absolute atomic E-state index is 0.0763. The van der Waals surface area contributed by atoms with Gasteiger partial charge in [-0.3, -0.25) is 10.1 Å². The first-order valence-corrected chi connectivity index (χ1v) is 8.05. The Morgan fingerprint density at radius 1 is 1.52 bits per heavy atom. The van der Waals surface area contributed by atoms with E-state index in [4.69, 9.17) is 5.84 Å². The Morgan fingerprint density at radius 3 is 2.83 bits per heavy atom. The van der Waals surface area contributed by atoms with Crippen molar-refractivity contribution in [2.45, 2.75) is 43.2 Å². The first-order valence-electron chi connectivity index (χ1n) is 7.23. The van der Waals surface area contributed by atoms with Gasteiger partial charge in [0.05, 0.1) is 16.8 Å². The van der Waals surface area contributed by atoms with Crippen molar-refractivity contribution < 1.29 is 4.92 Å². The normalized spacial score (nSPS) is 11.5. The van der Waals surface area contributed by atoms with Crippen molar-refractivity contribution in [1.82, 2.24) is 9.55 Å². The van der Waals surface area contributed by atoms with Crippen molar-refractivity contribution in [2.24, 2.45) is 10.9 Å². The maximum Gasteiger partial charge on any atom is 0.270 e. The van der Waals surface area contributed by atoms with Crippen LogP contribution in [0.15, 0.2) is 39.3 Å². The van der Waals surface area contributed by atoms with E-state index in [1.54, 1.807) is 12.1 Å². The molecule has 23 heavy (non-hydrogen) atoms. The Kier molecular flexibility index (Phi) is 5.38. The molecular weight excluding hydrogens is 314 g/mol. The van der Waals surface area contributed by atoms with Crippen LogP contribution in [0.4, 0.5) is 5.69 Å². The second kappa shape index (κ2) is 7.28. The Morgan fingerprint density at radius 2 is 2.26 bits per heavy atom. The van der Waals surface area contributed by atoms with Crippen molar-refractivity contribution in [3.63, 3.8) is 0 Å². The molecule has 2 rings (SSSR count). The molecule has 2 N–H and O–H groups in total. The topological polar surface area (TPSA) is 99.3 Å². The summed E-state index contributed by atoms with van der Waals surface area (Å²) in [7, 11) is 0. The van der Waals surface area contributed by atoms with E-state index in [-0.39, 0.29) is 11.6 Å². The number of nitrogens with two attached hydrogens (primary N) is 1. The number of hydrogen-bond donors (Lipinski definition) is 1. The molecule has 0 aliphatic heterocycles. The van der Waals surface area contributed by atoms with Crippen molar-refractivity contribution >= 4 is 23.7 Å². The maximum atomic E-state index is 10.9. The molecule has 0 aliphatic carbocycles. The maximum absolute atomic E-state index is 10.9. The van der Waals surface area contributed by atoms with Gasteiger partial charge in [0.2, 0.25) is 0 Å². The molecule has 0 saturated heterocycles. The number of hydrogen-bond acceptors (Lipinski definition) is 6. The van der Waals surface area contributed by atoms with E-state index < -0.39 is 4.92 Å². The molecule has 7 nitrogen and oxygen atoms in total. The van der Waals surface area contributed by atoms with Crippen molar-refractivity contribution in [1.29, 1.82) is 0 Å². The number of aromatic nitrogens is 2. The second-order valence-corrected chi connectivity index (χ2v) is 6.26. The molecule has 122 valence electrons.